The molecule has 4 unspecified atom stereocenters. The maximum atomic E-state index is 13.2. The summed E-state index contributed by atoms with van der Waals surface area (Å²) < 4.78 is 68.9. The van der Waals surface area contributed by atoms with Crippen LogP contribution in [-0.2, 0) is 65.4 Å². The number of aliphatic hydroxyl groups excluding tert-OH is 1. The summed E-state index contributed by atoms with van der Waals surface area (Å²) in [5.74, 6) is 0.311. The molecule has 17 nitrogen and oxygen atoms in total. The van der Waals surface area contributed by atoms with E-state index in [1.54, 1.807) is 0 Å². The number of unbranched alkanes of at least 4 members (excludes halogenated alkanes) is 51. The summed E-state index contributed by atoms with van der Waals surface area (Å²) in [6.07, 6.45) is 68.0. The van der Waals surface area contributed by atoms with Crippen LogP contribution in [0.4, 0.5) is 0 Å². The lowest BCUT2D eigenvalue weighted by molar-refractivity contribution is -0.161. The average molecular weight is 1550 g/mol. The molecule has 0 aromatic heterocycles. The zero-order valence-electron chi connectivity index (χ0n) is 69.9. The van der Waals surface area contributed by atoms with Gasteiger partial charge in [-0.2, -0.15) is 0 Å². The van der Waals surface area contributed by atoms with E-state index >= 15 is 0 Å². The van der Waals surface area contributed by atoms with Gasteiger partial charge in [-0.3, -0.25) is 37.3 Å². The maximum absolute atomic E-state index is 13.2. The largest absolute Gasteiger partial charge is 0.472 e. The summed E-state index contributed by atoms with van der Waals surface area (Å²) >= 11 is 0. The monoisotopic (exact) mass is 1550 g/mol. The van der Waals surface area contributed by atoms with Crippen LogP contribution in [0.25, 0.3) is 0 Å². The van der Waals surface area contributed by atoms with Gasteiger partial charge in [0, 0.05) is 25.7 Å². The summed E-state index contributed by atoms with van der Waals surface area (Å²) in [7, 11) is -9.93. The molecule has 0 saturated heterocycles. The number of carbonyl (C=O) groups excluding carboxylic acids is 4. The van der Waals surface area contributed by atoms with Gasteiger partial charge in [-0.1, -0.05) is 408 Å². The SMILES string of the molecule is CCCCCCCCCCCCCCCCCC(=O)O[C@H](COC(=O)CCCCCCCCC(C)CC)COP(=O)(O)OC[C@H](O)COP(=O)(O)OC[C@@H](COC(=O)CCCCCCCCCCCCCCCCCCC(C)C)OC(=O)CCCCCCCCCCCCCCCCCCCCC(C)CC. The van der Waals surface area contributed by atoms with Gasteiger partial charge in [0.05, 0.1) is 26.4 Å². The van der Waals surface area contributed by atoms with E-state index < -0.39 is 97.5 Å². The van der Waals surface area contributed by atoms with E-state index in [0.717, 1.165) is 114 Å². The van der Waals surface area contributed by atoms with Gasteiger partial charge in [-0.15, -0.1) is 0 Å². The second-order valence-electron chi connectivity index (χ2n) is 32.2. The van der Waals surface area contributed by atoms with Gasteiger partial charge in [-0.05, 0) is 43.4 Å². The third-order valence-electron chi connectivity index (χ3n) is 21.1. The van der Waals surface area contributed by atoms with Crippen LogP contribution in [0.15, 0.2) is 0 Å². The third kappa shape index (κ3) is 77.4. The maximum Gasteiger partial charge on any atom is 0.472 e. The lowest BCUT2D eigenvalue weighted by Crippen LogP contribution is -2.30. The van der Waals surface area contributed by atoms with E-state index in [1.807, 2.05) is 0 Å². The standard InChI is InChI=1S/C87H170O17P2/c1-8-11-12-13-14-15-16-17-24-32-37-42-47-56-63-71-87(92)104-83(75-98-85(90)69-62-55-50-49-53-60-67-80(7)10-3)77-102-106(95,96)100-73-81(88)72-99-105(93,94)101-76-82(74-97-84(89)68-61-54-46-41-36-31-27-23-22-25-29-34-39-44-51-58-65-78(4)5)103-86(91)70-64-57-48-43-38-33-28-21-19-18-20-26-30-35-40-45-52-59-66-79(6)9-2/h78-83,88H,8-77H2,1-7H3,(H,93,94)(H,95,96)/t79?,80?,81-,82-,83-/m1/s1. The first-order valence-electron chi connectivity index (χ1n) is 44.9. The topological polar surface area (TPSA) is 237 Å². The molecule has 0 fully saturated rings. The zero-order valence-corrected chi connectivity index (χ0v) is 71.7. The normalized spacial score (nSPS) is 14.4. The van der Waals surface area contributed by atoms with Crippen molar-refractivity contribution in [3.05, 3.63) is 0 Å². The quantitative estimate of drug-likeness (QED) is 0.0222. The van der Waals surface area contributed by atoms with Crippen LogP contribution in [-0.4, -0.2) is 96.7 Å². The van der Waals surface area contributed by atoms with Crippen LogP contribution >= 0.6 is 15.6 Å². The Bertz CT molecular complexity index is 2050. The summed E-state index contributed by atoms with van der Waals surface area (Å²) in [5.41, 5.74) is 0. The van der Waals surface area contributed by atoms with Crippen molar-refractivity contribution in [1.29, 1.82) is 0 Å². The molecule has 0 heterocycles. The van der Waals surface area contributed by atoms with Crippen molar-refractivity contribution in [3.63, 3.8) is 0 Å². The van der Waals surface area contributed by atoms with Gasteiger partial charge in [0.25, 0.3) is 0 Å². The third-order valence-corrected chi connectivity index (χ3v) is 23.0. The highest BCUT2D eigenvalue weighted by Gasteiger charge is 2.31. The molecule has 0 amide bonds. The number of hydrogen-bond acceptors (Lipinski definition) is 15. The predicted molar refractivity (Wildman–Crippen MR) is 437 cm³/mol. The van der Waals surface area contributed by atoms with Gasteiger partial charge in [0.1, 0.15) is 19.3 Å². The molecule has 0 aromatic carbocycles. The Morgan fingerprint density at radius 3 is 0.717 bits per heavy atom. The highest BCUT2D eigenvalue weighted by atomic mass is 31.2. The number of phosphoric acid groups is 2. The molecule has 630 valence electrons. The molecule has 19 heteroatoms. The molecule has 0 aliphatic heterocycles. The Morgan fingerprint density at radius 2 is 0.481 bits per heavy atom. The molecule has 0 rings (SSSR count). The summed E-state index contributed by atoms with van der Waals surface area (Å²) in [4.78, 5) is 73.2. The Hall–Kier alpha value is -1.94. The van der Waals surface area contributed by atoms with Crippen LogP contribution in [0.1, 0.15) is 459 Å². The van der Waals surface area contributed by atoms with Crippen molar-refractivity contribution in [2.75, 3.05) is 39.6 Å². The van der Waals surface area contributed by atoms with Gasteiger partial charge >= 0.3 is 39.5 Å². The van der Waals surface area contributed by atoms with Crippen LogP contribution < -0.4 is 0 Å². The van der Waals surface area contributed by atoms with Gasteiger partial charge in [0.2, 0.25) is 0 Å². The highest BCUT2D eigenvalue weighted by Crippen LogP contribution is 2.45. The molecule has 106 heavy (non-hydrogen) atoms. The molecule has 0 spiro atoms. The van der Waals surface area contributed by atoms with Crippen molar-refractivity contribution in [1.82, 2.24) is 0 Å². The second kappa shape index (κ2) is 77.0. The first-order chi connectivity index (χ1) is 51.3. The van der Waals surface area contributed by atoms with Gasteiger partial charge in [-0.25, -0.2) is 9.13 Å². The van der Waals surface area contributed by atoms with Crippen molar-refractivity contribution in [2.45, 2.75) is 478 Å². The van der Waals surface area contributed by atoms with Gasteiger partial charge < -0.3 is 33.8 Å². The number of carbonyl (C=O) groups is 4. The van der Waals surface area contributed by atoms with E-state index in [9.17, 15) is 43.2 Å². The predicted octanol–water partition coefficient (Wildman–Crippen LogP) is 26.5. The van der Waals surface area contributed by atoms with Crippen LogP contribution in [0.5, 0.6) is 0 Å². The molecule has 0 bridgehead atoms. The van der Waals surface area contributed by atoms with Crippen molar-refractivity contribution < 1.29 is 80.2 Å². The molecule has 3 N–H and O–H groups in total. The number of rotatable bonds is 85. The van der Waals surface area contributed by atoms with E-state index in [-0.39, 0.29) is 25.7 Å². The molecule has 0 saturated carbocycles. The number of ether oxygens (including phenoxy) is 4. The first kappa shape index (κ1) is 104. The fourth-order valence-corrected chi connectivity index (χ4v) is 15.1. The minimum atomic E-state index is -4.97. The zero-order chi connectivity index (χ0) is 77.9. The fourth-order valence-electron chi connectivity index (χ4n) is 13.5. The minimum absolute atomic E-state index is 0.107. The molecule has 0 aliphatic rings. The Morgan fingerprint density at radius 1 is 0.274 bits per heavy atom. The lowest BCUT2D eigenvalue weighted by Gasteiger charge is -2.21. The van der Waals surface area contributed by atoms with E-state index in [0.29, 0.717) is 25.7 Å². The first-order valence-corrected chi connectivity index (χ1v) is 47.9. The smallest absolute Gasteiger partial charge is 0.462 e. The molecule has 0 aliphatic carbocycles. The molecule has 7 atom stereocenters. The van der Waals surface area contributed by atoms with Crippen molar-refractivity contribution in [2.24, 2.45) is 17.8 Å². The Labute approximate surface area is 651 Å². The average Bonchev–Trinajstić information content (AvgIpc) is 0.909. The number of esters is 4. The van der Waals surface area contributed by atoms with E-state index in [4.69, 9.17) is 37.0 Å². The second-order valence-corrected chi connectivity index (χ2v) is 35.1. The Kier molecular flexibility index (Phi) is 75.6. The fraction of sp³-hybridized carbons (Fsp3) is 0.954. The Balaban J connectivity index is 5.23. The summed E-state index contributed by atoms with van der Waals surface area (Å²) in [5, 5.41) is 10.7. The minimum Gasteiger partial charge on any atom is -0.462 e. The number of aliphatic hydroxyl groups is 1. The van der Waals surface area contributed by atoms with Crippen LogP contribution in [0, 0.1) is 17.8 Å². The molecular formula is C87H170O17P2. The van der Waals surface area contributed by atoms with E-state index in [2.05, 4.69) is 48.5 Å². The molecular weight excluding hydrogens is 1380 g/mol. The van der Waals surface area contributed by atoms with Crippen LogP contribution in [0.2, 0.25) is 0 Å². The highest BCUT2D eigenvalue weighted by molar-refractivity contribution is 7.47. The van der Waals surface area contributed by atoms with Gasteiger partial charge in [0.15, 0.2) is 12.2 Å². The van der Waals surface area contributed by atoms with Crippen LogP contribution in [0.3, 0.4) is 0 Å². The number of phosphoric ester groups is 2. The molecule has 0 aromatic rings. The van der Waals surface area contributed by atoms with Crippen molar-refractivity contribution in [3.8, 4) is 0 Å². The lowest BCUT2D eigenvalue weighted by atomic mass is 9.99. The summed E-state index contributed by atoms with van der Waals surface area (Å²) in [6, 6.07) is 0. The molecule has 0 radical (unpaired) electrons. The summed E-state index contributed by atoms with van der Waals surface area (Å²) in [6.45, 7) is 12.0. The van der Waals surface area contributed by atoms with E-state index in [1.165, 1.54) is 263 Å². The van der Waals surface area contributed by atoms with Crippen molar-refractivity contribution >= 4 is 39.5 Å². The number of hydrogen-bond donors (Lipinski definition) is 3.